The molecule has 0 aliphatic heterocycles. The van der Waals surface area contributed by atoms with E-state index in [-0.39, 0.29) is 0 Å². The molecule has 1 unspecified atom stereocenters. The van der Waals surface area contributed by atoms with Crippen molar-refractivity contribution in [3.8, 4) is 0 Å². The monoisotopic (exact) mass is 398 g/mol. The topological polar surface area (TPSA) is 59.2 Å². The molecule has 1 N–H and O–H groups in total. The van der Waals surface area contributed by atoms with Crippen molar-refractivity contribution in [3.05, 3.63) is 92.9 Å². The average Bonchev–Trinajstić information content (AvgIpc) is 3.11. The van der Waals surface area contributed by atoms with Gasteiger partial charge < -0.3 is 9.63 Å². The Kier molecular flexibility index (Phi) is 4.87. The lowest BCUT2D eigenvalue weighted by atomic mass is 10.0. The lowest BCUT2D eigenvalue weighted by Crippen LogP contribution is -2.00. The number of hydrogen-bond acceptors (Lipinski definition) is 4. The van der Waals surface area contributed by atoms with Gasteiger partial charge >= 0.3 is 0 Å². The maximum absolute atomic E-state index is 10.6. The van der Waals surface area contributed by atoms with Crippen LogP contribution in [-0.4, -0.2) is 15.2 Å². The number of hydrogen-bond donors (Lipinski definition) is 1. The number of nitrogens with zero attached hydrogens (tertiary/aromatic N) is 2. The molecule has 0 bridgehead atoms. The number of benzene rings is 2. The molecule has 2 aromatic carbocycles. The standard InChI is InChI=1S/C21H16Cl2N2O2/c1-12-9-18(27-25-12)20(26)14-7-8-17-15(11-14)19(22)16(21(23)24-17)10-13-5-3-2-4-6-13/h2-9,11,20,26H,10H2,1H3. The van der Waals surface area contributed by atoms with E-state index in [0.717, 1.165) is 16.5 Å². The van der Waals surface area contributed by atoms with Gasteiger partial charge in [-0.05, 0) is 30.2 Å². The number of fused-ring (bicyclic) bond motifs is 1. The third-order valence-corrected chi connectivity index (χ3v) is 5.19. The second-order valence-electron chi connectivity index (χ2n) is 6.41. The van der Waals surface area contributed by atoms with Gasteiger partial charge in [-0.2, -0.15) is 0 Å². The summed E-state index contributed by atoms with van der Waals surface area (Å²) < 4.78 is 5.17. The summed E-state index contributed by atoms with van der Waals surface area (Å²) in [5, 5.41) is 16.1. The molecule has 2 heterocycles. The van der Waals surface area contributed by atoms with Gasteiger partial charge in [0.15, 0.2) is 5.76 Å². The normalized spacial score (nSPS) is 12.4. The summed E-state index contributed by atoms with van der Waals surface area (Å²) in [5.74, 6) is 0.384. The van der Waals surface area contributed by atoms with E-state index in [4.69, 9.17) is 27.7 Å². The fraction of sp³-hybridized carbons (Fsp3) is 0.143. The minimum atomic E-state index is -0.931. The third-order valence-electron chi connectivity index (χ3n) is 4.44. The molecule has 0 spiro atoms. The molecule has 4 rings (SSSR count). The molecular formula is C21H16Cl2N2O2. The summed E-state index contributed by atoms with van der Waals surface area (Å²) in [6.45, 7) is 1.80. The minimum Gasteiger partial charge on any atom is -0.380 e. The number of aliphatic hydroxyl groups is 1. The van der Waals surface area contributed by atoms with Crippen LogP contribution >= 0.6 is 23.2 Å². The third kappa shape index (κ3) is 3.56. The largest absolute Gasteiger partial charge is 0.380 e. The molecule has 0 fully saturated rings. The van der Waals surface area contributed by atoms with Crippen molar-refractivity contribution in [3.63, 3.8) is 0 Å². The molecule has 1 atom stereocenters. The van der Waals surface area contributed by atoms with E-state index in [0.29, 0.717) is 39.1 Å². The van der Waals surface area contributed by atoms with Crippen LogP contribution in [0.3, 0.4) is 0 Å². The van der Waals surface area contributed by atoms with Crippen molar-refractivity contribution < 1.29 is 9.63 Å². The van der Waals surface area contributed by atoms with Gasteiger partial charge in [0, 0.05) is 23.4 Å². The number of rotatable bonds is 4. The van der Waals surface area contributed by atoms with Crippen molar-refractivity contribution in [1.29, 1.82) is 0 Å². The van der Waals surface area contributed by atoms with Crippen LogP contribution in [0.5, 0.6) is 0 Å². The Labute approximate surface area is 166 Å². The Bertz CT molecular complexity index is 1110. The SMILES string of the molecule is Cc1cc(C(O)c2ccc3nc(Cl)c(Cc4ccccc4)c(Cl)c3c2)on1. The maximum atomic E-state index is 10.6. The highest BCUT2D eigenvalue weighted by Gasteiger charge is 2.18. The van der Waals surface area contributed by atoms with Gasteiger partial charge in [0.2, 0.25) is 0 Å². The summed E-state index contributed by atoms with van der Waals surface area (Å²) >= 11 is 13.1. The van der Waals surface area contributed by atoms with Gasteiger partial charge in [-0.25, -0.2) is 4.98 Å². The number of halogens is 2. The van der Waals surface area contributed by atoms with Crippen molar-refractivity contribution >= 4 is 34.1 Å². The first kappa shape index (κ1) is 18.0. The molecule has 0 amide bonds. The Morgan fingerprint density at radius 2 is 1.85 bits per heavy atom. The van der Waals surface area contributed by atoms with E-state index in [1.807, 2.05) is 36.4 Å². The maximum Gasteiger partial charge on any atom is 0.169 e. The van der Waals surface area contributed by atoms with Gasteiger partial charge in [-0.15, -0.1) is 0 Å². The van der Waals surface area contributed by atoms with Gasteiger partial charge in [0.1, 0.15) is 11.3 Å². The van der Waals surface area contributed by atoms with Crippen LogP contribution in [0.4, 0.5) is 0 Å². The first-order chi connectivity index (χ1) is 13.0. The molecule has 6 heteroatoms. The van der Waals surface area contributed by atoms with Gasteiger partial charge in [0.25, 0.3) is 0 Å². The minimum absolute atomic E-state index is 0.384. The smallest absolute Gasteiger partial charge is 0.169 e. The van der Waals surface area contributed by atoms with Crippen LogP contribution < -0.4 is 0 Å². The first-order valence-electron chi connectivity index (χ1n) is 8.45. The molecule has 0 saturated carbocycles. The zero-order valence-electron chi connectivity index (χ0n) is 14.5. The summed E-state index contributed by atoms with van der Waals surface area (Å²) in [4.78, 5) is 4.47. The van der Waals surface area contributed by atoms with E-state index >= 15 is 0 Å². The van der Waals surface area contributed by atoms with Crippen LogP contribution in [-0.2, 0) is 6.42 Å². The van der Waals surface area contributed by atoms with E-state index in [2.05, 4.69) is 10.1 Å². The van der Waals surface area contributed by atoms with Crippen molar-refractivity contribution in [2.75, 3.05) is 0 Å². The second kappa shape index (κ2) is 7.31. The highest BCUT2D eigenvalue weighted by atomic mass is 35.5. The molecule has 27 heavy (non-hydrogen) atoms. The number of aromatic nitrogens is 2. The predicted molar refractivity (Wildman–Crippen MR) is 106 cm³/mol. The lowest BCUT2D eigenvalue weighted by Gasteiger charge is -2.13. The number of aliphatic hydroxyl groups excluding tert-OH is 1. The number of pyridine rings is 1. The van der Waals surface area contributed by atoms with Crippen LogP contribution in [0.2, 0.25) is 10.2 Å². The van der Waals surface area contributed by atoms with Gasteiger partial charge in [-0.3, -0.25) is 0 Å². The Balaban J connectivity index is 1.78. The van der Waals surface area contributed by atoms with Crippen LogP contribution in [0, 0.1) is 6.92 Å². The quantitative estimate of drug-likeness (QED) is 0.460. The van der Waals surface area contributed by atoms with Crippen LogP contribution in [0.1, 0.15) is 34.2 Å². The van der Waals surface area contributed by atoms with E-state index in [1.54, 1.807) is 25.1 Å². The van der Waals surface area contributed by atoms with E-state index < -0.39 is 6.10 Å². The van der Waals surface area contributed by atoms with Gasteiger partial charge in [0.05, 0.1) is 16.2 Å². The molecular weight excluding hydrogens is 383 g/mol. The van der Waals surface area contributed by atoms with E-state index in [9.17, 15) is 5.11 Å². The molecule has 4 aromatic rings. The summed E-state index contributed by atoms with van der Waals surface area (Å²) in [6.07, 6.45) is -0.352. The summed E-state index contributed by atoms with van der Waals surface area (Å²) in [7, 11) is 0. The summed E-state index contributed by atoms with van der Waals surface area (Å²) in [6, 6.07) is 17.0. The first-order valence-corrected chi connectivity index (χ1v) is 9.21. The highest BCUT2D eigenvalue weighted by molar-refractivity contribution is 6.39. The zero-order chi connectivity index (χ0) is 19.0. The van der Waals surface area contributed by atoms with Crippen LogP contribution in [0.15, 0.2) is 59.1 Å². The Morgan fingerprint density at radius 1 is 1.07 bits per heavy atom. The Morgan fingerprint density at radius 3 is 2.56 bits per heavy atom. The molecule has 4 nitrogen and oxygen atoms in total. The summed E-state index contributed by atoms with van der Waals surface area (Å²) in [5.41, 5.74) is 3.89. The Hall–Kier alpha value is -2.40. The molecule has 0 aliphatic carbocycles. The van der Waals surface area contributed by atoms with Gasteiger partial charge in [-0.1, -0.05) is 64.8 Å². The predicted octanol–water partition coefficient (Wildman–Crippen LogP) is 5.51. The fourth-order valence-corrected chi connectivity index (χ4v) is 3.66. The van der Waals surface area contributed by atoms with Crippen LogP contribution in [0.25, 0.3) is 10.9 Å². The zero-order valence-corrected chi connectivity index (χ0v) is 16.0. The van der Waals surface area contributed by atoms with Crippen molar-refractivity contribution in [2.45, 2.75) is 19.4 Å². The molecule has 0 aliphatic rings. The van der Waals surface area contributed by atoms with Crippen molar-refractivity contribution in [1.82, 2.24) is 10.1 Å². The number of aryl methyl sites for hydroxylation is 1. The molecule has 136 valence electrons. The molecule has 0 radical (unpaired) electrons. The van der Waals surface area contributed by atoms with Crippen molar-refractivity contribution in [2.24, 2.45) is 0 Å². The molecule has 2 aromatic heterocycles. The fourth-order valence-electron chi connectivity index (χ4n) is 3.05. The highest BCUT2D eigenvalue weighted by Crippen LogP contribution is 2.34. The second-order valence-corrected chi connectivity index (χ2v) is 7.14. The average molecular weight is 399 g/mol. The lowest BCUT2D eigenvalue weighted by molar-refractivity contribution is 0.176. The van der Waals surface area contributed by atoms with E-state index in [1.165, 1.54) is 0 Å². The molecule has 0 saturated heterocycles.